The Balaban J connectivity index is 1.67. The molecule has 0 atom stereocenters. The van der Waals surface area contributed by atoms with E-state index in [0.29, 0.717) is 17.3 Å². The van der Waals surface area contributed by atoms with Crippen molar-refractivity contribution in [2.24, 2.45) is 0 Å². The number of methoxy groups -OCH3 is 1. The Bertz CT molecular complexity index is 1520. The number of rotatable bonds is 7. The maximum atomic E-state index is 10.9. The molecule has 5 rings (SSSR count). The monoisotopic (exact) mass is 463 g/mol. The molecular weight excluding hydrogens is 442 g/mol. The topological polar surface area (TPSA) is 97.5 Å². The van der Waals surface area contributed by atoms with Crippen molar-refractivity contribution in [3.05, 3.63) is 96.8 Å². The zero-order valence-electron chi connectivity index (χ0n) is 18.8. The molecule has 2 aromatic heterocycles. The van der Waals surface area contributed by atoms with Crippen molar-refractivity contribution in [2.75, 3.05) is 12.4 Å². The normalized spacial score (nSPS) is 11.1. The van der Waals surface area contributed by atoms with Gasteiger partial charge in [-0.25, -0.2) is 14.8 Å². The summed E-state index contributed by atoms with van der Waals surface area (Å²) in [5, 5.41) is 13.0. The fourth-order valence-electron chi connectivity index (χ4n) is 3.88. The fourth-order valence-corrected chi connectivity index (χ4v) is 3.88. The standard InChI is InChI=1S/C28H21N3O4/c1-34-22-13-11-19(12-14-22)24-25-27(31-21-9-5-6-18(16-21)10-15-23(32)33)29-17-30-28(25)35-26(24)20-7-3-2-4-8-20/h2-17H,1H3,(H,32,33)(H,29,30,31)/b15-10+. The van der Waals surface area contributed by atoms with Gasteiger partial charge in [-0.1, -0.05) is 54.6 Å². The van der Waals surface area contributed by atoms with Gasteiger partial charge >= 0.3 is 5.97 Å². The number of aliphatic carboxylic acids is 1. The summed E-state index contributed by atoms with van der Waals surface area (Å²) in [5.41, 5.74) is 4.66. The lowest BCUT2D eigenvalue weighted by Gasteiger charge is -2.10. The first kappa shape index (κ1) is 21.9. The van der Waals surface area contributed by atoms with E-state index in [9.17, 15) is 4.79 Å². The average Bonchev–Trinajstić information content (AvgIpc) is 3.29. The molecule has 7 heteroatoms. The van der Waals surface area contributed by atoms with Gasteiger partial charge in [0.05, 0.1) is 12.5 Å². The number of nitrogens with zero attached hydrogens (tertiary/aromatic N) is 2. The summed E-state index contributed by atoms with van der Waals surface area (Å²) in [6.07, 6.45) is 4.10. The Kier molecular flexibility index (Phi) is 5.96. The second-order valence-electron chi connectivity index (χ2n) is 7.73. The van der Waals surface area contributed by atoms with Crippen LogP contribution in [0.15, 0.2) is 95.7 Å². The minimum atomic E-state index is -1.00. The van der Waals surface area contributed by atoms with Gasteiger partial charge in [0, 0.05) is 22.9 Å². The molecule has 0 unspecified atom stereocenters. The Morgan fingerprint density at radius 1 is 0.971 bits per heavy atom. The van der Waals surface area contributed by atoms with Gasteiger partial charge in [-0.3, -0.25) is 0 Å². The lowest BCUT2D eigenvalue weighted by Crippen LogP contribution is -1.96. The van der Waals surface area contributed by atoms with E-state index in [1.54, 1.807) is 7.11 Å². The van der Waals surface area contributed by atoms with Gasteiger partial charge in [-0.2, -0.15) is 0 Å². The molecule has 0 fully saturated rings. The Hall–Kier alpha value is -4.91. The van der Waals surface area contributed by atoms with E-state index in [-0.39, 0.29) is 0 Å². The maximum Gasteiger partial charge on any atom is 0.328 e. The summed E-state index contributed by atoms with van der Waals surface area (Å²) >= 11 is 0. The highest BCUT2D eigenvalue weighted by molar-refractivity contribution is 6.06. The van der Waals surface area contributed by atoms with Gasteiger partial charge in [0.25, 0.3) is 0 Å². The molecular formula is C28H21N3O4. The van der Waals surface area contributed by atoms with Gasteiger partial charge in [0.15, 0.2) is 0 Å². The zero-order valence-corrected chi connectivity index (χ0v) is 18.8. The van der Waals surface area contributed by atoms with E-state index >= 15 is 0 Å². The van der Waals surface area contributed by atoms with Crippen molar-refractivity contribution < 1.29 is 19.1 Å². The molecule has 0 aliphatic heterocycles. The number of ether oxygens (including phenoxy) is 1. The molecule has 0 amide bonds. The predicted octanol–water partition coefficient (Wildman–Crippen LogP) is 6.41. The summed E-state index contributed by atoms with van der Waals surface area (Å²) in [5.74, 6) is 1.01. The van der Waals surface area contributed by atoms with Crippen molar-refractivity contribution in [3.63, 3.8) is 0 Å². The fraction of sp³-hybridized carbons (Fsp3) is 0.0357. The van der Waals surface area contributed by atoms with Crippen molar-refractivity contribution in [1.82, 2.24) is 9.97 Å². The van der Waals surface area contributed by atoms with E-state index in [1.165, 1.54) is 12.4 Å². The highest BCUT2D eigenvalue weighted by Gasteiger charge is 2.22. The molecule has 2 heterocycles. The van der Waals surface area contributed by atoms with Crippen LogP contribution in [-0.2, 0) is 4.79 Å². The van der Waals surface area contributed by atoms with E-state index in [0.717, 1.165) is 45.2 Å². The third kappa shape index (κ3) is 4.60. The highest BCUT2D eigenvalue weighted by atomic mass is 16.5. The third-order valence-corrected chi connectivity index (χ3v) is 5.47. The van der Waals surface area contributed by atoms with Crippen LogP contribution in [-0.4, -0.2) is 28.2 Å². The molecule has 0 saturated carbocycles. The van der Waals surface area contributed by atoms with Crippen molar-refractivity contribution in [2.45, 2.75) is 0 Å². The number of carboxylic acids is 1. The molecule has 0 aliphatic rings. The molecule has 0 spiro atoms. The van der Waals surface area contributed by atoms with Crippen LogP contribution in [0.25, 0.3) is 39.6 Å². The summed E-state index contributed by atoms with van der Waals surface area (Å²) in [6, 6.07) is 25.0. The number of nitrogens with one attached hydrogen (secondary N) is 1. The third-order valence-electron chi connectivity index (χ3n) is 5.47. The van der Waals surface area contributed by atoms with Gasteiger partial charge in [0.2, 0.25) is 5.71 Å². The van der Waals surface area contributed by atoms with E-state index in [2.05, 4.69) is 15.3 Å². The Labute approximate surface area is 201 Å². The number of anilines is 2. The molecule has 0 bridgehead atoms. The SMILES string of the molecule is COc1ccc(-c2c(-c3ccccc3)oc3ncnc(Nc4cccc(/C=C/C(=O)O)c4)c23)cc1. The van der Waals surface area contributed by atoms with Crippen molar-refractivity contribution in [1.29, 1.82) is 0 Å². The number of furan rings is 1. The summed E-state index contributed by atoms with van der Waals surface area (Å²) in [7, 11) is 1.63. The lowest BCUT2D eigenvalue weighted by molar-refractivity contribution is -0.131. The number of aromatic nitrogens is 2. The van der Waals surface area contributed by atoms with Crippen LogP contribution >= 0.6 is 0 Å². The molecule has 0 radical (unpaired) electrons. The lowest BCUT2D eigenvalue weighted by atomic mass is 9.99. The summed E-state index contributed by atoms with van der Waals surface area (Å²) in [4.78, 5) is 19.8. The number of carbonyl (C=O) groups is 1. The Morgan fingerprint density at radius 3 is 2.51 bits per heavy atom. The minimum Gasteiger partial charge on any atom is -0.497 e. The van der Waals surface area contributed by atoms with Crippen LogP contribution in [0.3, 0.4) is 0 Å². The largest absolute Gasteiger partial charge is 0.497 e. The van der Waals surface area contributed by atoms with E-state index in [1.807, 2.05) is 78.9 Å². The number of hydrogen-bond acceptors (Lipinski definition) is 6. The molecule has 7 nitrogen and oxygen atoms in total. The Morgan fingerprint density at radius 2 is 1.77 bits per heavy atom. The second-order valence-corrected chi connectivity index (χ2v) is 7.73. The molecule has 0 saturated heterocycles. The van der Waals surface area contributed by atoms with Crippen LogP contribution in [0.1, 0.15) is 5.56 Å². The number of hydrogen-bond donors (Lipinski definition) is 2. The number of benzene rings is 3. The van der Waals surface area contributed by atoms with Crippen LogP contribution in [0.5, 0.6) is 5.75 Å². The first-order valence-electron chi connectivity index (χ1n) is 10.9. The van der Waals surface area contributed by atoms with Gasteiger partial charge in [-0.05, 0) is 41.5 Å². The van der Waals surface area contributed by atoms with Gasteiger partial charge in [-0.15, -0.1) is 0 Å². The molecule has 35 heavy (non-hydrogen) atoms. The first-order valence-corrected chi connectivity index (χ1v) is 10.9. The maximum absolute atomic E-state index is 10.9. The minimum absolute atomic E-state index is 0.453. The number of fused-ring (bicyclic) bond motifs is 1. The van der Waals surface area contributed by atoms with Gasteiger partial charge in [0.1, 0.15) is 23.7 Å². The first-order chi connectivity index (χ1) is 17.1. The van der Waals surface area contributed by atoms with Crippen LogP contribution in [0, 0.1) is 0 Å². The summed E-state index contributed by atoms with van der Waals surface area (Å²) in [6.45, 7) is 0. The zero-order chi connectivity index (χ0) is 24.2. The molecule has 5 aromatic rings. The molecule has 3 aromatic carbocycles. The van der Waals surface area contributed by atoms with Gasteiger partial charge < -0.3 is 19.6 Å². The molecule has 0 aliphatic carbocycles. The van der Waals surface area contributed by atoms with E-state index < -0.39 is 5.97 Å². The highest BCUT2D eigenvalue weighted by Crippen LogP contribution is 2.43. The van der Waals surface area contributed by atoms with Crippen molar-refractivity contribution in [3.8, 4) is 28.2 Å². The second kappa shape index (κ2) is 9.52. The predicted molar refractivity (Wildman–Crippen MR) is 136 cm³/mol. The van der Waals surface area contributed by atoms with Crippen LogP contribution < -0.4 is 10.1 Å². The van der Waals surface area contributed by atoms with Crippen LogP contribution in [0.4, 0.5) is 11.5 Å². The number of carboxylic acid groups (broad SMARTS) is 1. The van der Waals surface area contributed by atoms with Crippen LogP contribution in [0.2, 0.25) is 0 Å². The molecule has 2 N–H and O–H groups in total. The van der Waals surface area contributed by atoms with Crippen molar-refractivity contribution >= 4 is 34.7 Å². The molecule has 172 valence electrons. The quantitative estimate of drug-likeness (QED) is 0.269. The summed E-state index contributed by atoms with van der Waals surface area (Å²) < 4.78 is 11.6. The van der Waals surface area contributed by atoms with E-state index in [4.69, 9.17) is 14.3 Å². The smallest absolute Gasteiger partial charge is 0.328 e. The average molecular weight is 463 g/mol.